The quantitative estimate of drug-likeness (QED) is 0.693. The van der Waals surface area contributed by atoms with Crippen LogP contribution in [0.15, 0.2) is 24.3 Å². The number of para-hydroxylation sites is 1. The first-order valence-corrected chi connectivity index (χ1v) is 4.65. The first-order chi connectivity index (χ1) is 6.18. The normalized spacial score (nSPS) is 9.93. The van der Waals surface area contributed by atoms with Gasteiger partial charge in [0.1, 0.15) is 5.15 Å². The highest BCUT2D eigenvalue weighted by Gasteiger charge is 2.03. The summed E-state index contributed by atoms with van der Waals surface area (Å²) in [7, 11) is 0. The zero-order valence-corrected chi connectivity index (χ0v) is 9.23. The second kappa shape index (κ2) is 4.13. The van der Waals surface area contributed by atoms with Gasteiger partial charge in [-0.15, -0.1) is 0 Å². The van der Waals surface area contributed by atoms with Crippen molar-refractivity contribution in [3.05, 3.63) is 40.0 Å². The molecule has 2 nitrogen and oxygen atoms in total. The fourth-order valence-electron chi connectivity index (χ4n) is 1.32. The van der Waals surface area contributed by atoms with Crippen molar-refractivity contribution < 1.29 is 0 Å². The summed E-state index contributed by atoms with van der Waals surface area (Å²) < 4.78 is 0. The van der Waals surface area contributed by atoms with E-state index >= 15 is 0 Å². The predicted octanol–water partition coefficient (Wildman–Crippen LogP) is 4.01. The fraction of sp³-hybridized carbons (Fsp3) is 0.100. The van der Waals surface area contributed by atoms with Gasteiger partial charge in [-0.25, -0.2) is 4.98 Å². The van der Waals surface area contributed by atoms with E-state index in [2.05, 4.69) is 4.98 Å². The Bertz CT molecular complexity index is 469. The van der Waals surface area contributed by atoms with Crippen molar-refractivity contribution in [3.63, 3.8) is 0 Å². The fourth-order valence-corrected chi connectivity index (χ4v) is 1.83. The Morgan fingerprint density at radius 3 is 2.64 bits per heavy atom. The lowest BCUT2D eigenvalue weighted by Gasteiger charge is -2.02. The molecule has 0 bridgehead atoms. The molecule has 0 atom stereocenters. The minimum atomic E-state index is 0. The molecule has 0 fully saturated rings. The van der Waals surface area contributed by atoms with Crippen molar-refractivity contribution in [1.82, 2.24) is 11.1 Å². The van der Waals surface area contributed by atoms with Crippen molar-refractivity contribution in [2.24, 2.45) is 0 Å². The predicted molar refractivity (Wildman–Crippen MR) is 61.5 cm³/mol. The van der Waals surface area contributed by atoms with Crippen LogP contribution in [0.1, 0.15) is 5.56 Å². The molecular weight excluding hydrogens is 219 g/mol. The van der Waals surface area contributed by atoms with E-state index in [1.54, 1.807) is 6.07 Å². The van der Waals surface area contributed by atoms with Gasteiger partial charge in [0, 0.05) is 5.39 Å². The van der Waals surface area contributed by atoms with Crippen molar-refractivity contribution in [2.45, 2.75) is 6.92 Å². The van der Waals surface area contributed by atoms with Crippen molar-refractivity contribution in [2.75, 3.05) is 0 Å². The van der Waals surface area contributed by atoms with Crippen LogP contribution in [0.5, 0.6) is 0 Å². The molecule has 0 radical (unpaired) electrons. The SMILES string of the molecule is Cc1cccc2c(Cl)cc(Cl)nc12.N. The Morgan fingerprint density at radius 1 is 1.21 bits per heavy atom. The van der Waals surface area contributed by atoms with Crippen LogP contribution < -0.4 is 6.15 Å². The monoisotopic (exact) mass is 228 g/mol. The van der Waals surface area contributed by atoms with E-state index in [0.29, 0.717) is 10.2 Å². The molecule has 3 N–H and O–H groups in total. The molecule has 0 aliphatic carbocycles. The molecule has 2 rings (SSSR count). The van der Waals surface area contributed by atoms with E-state index in [9.17, 15) is 0 Å². The molecule has 1 heterocycles. The lowest BCUT2D eigenvalue weighted by molar-refractivity contribution is 1.37. The van der Waals surface area contributed by atoms with Gasteiger partial charge in [0.05, 0.1) is 10.5 Å². The summed E-state index contributed by atoms with van der Waals surface area (Å²) in [5.74, 6) is 0. The Balaban J connectivity index is 0.000000980. The van der Waals surface area contributed by atoms with Gasteiger partial charge in [-0.05, 0) is 18.6 Å². The number of nitrogens with zero attached hydrogens (tertiary/aromatic N) is 1. The van der Waals surface area contributed by atoms with Crippen LogP contribution in [0.4, 0.5) is 0 Å². The summed E-state index contributed by atoms with van der Waals surface area (Å²) in [6.45, 7) is 1.99. The van der Waals surface area contributed by atoms with E-state index in [1.165, 1.54) is 0 Å². The Hall–Kier alpha value is -0.830. The first-order valence-electron chi connectivity index (χ1n) is 3.90. The van der Waals surface area contributed by atoms with Gasteiger partial charge in [0.15, 0.2) is 0 Å². The summed E-state index contributed by atoms with van der Waals surface area (Å²) in [6.07, 6.45) is 0. The lowest BCUT2D eigenvalue weighted by Crippen LogP contribution is -1.84. The third kappa shape index (κ3) is 1.82. The Kier molecular flexibility index (Phi) is 3.32. The van der Waals surface area contributed by atoms with Crippen LogP contribution in [0, 0.1) is 6.92 Å². The van der Waals surface area contributed by atoms with Gasteiger partial charge in [-0.3, -0.25) is 0 Å². The van der Waals surface area contributed by atoms with Gasteiger partial charge in [-0.1, -0.05) is 41.4 Å². The second-order valence-electron chi connectivity index (χ2n) is 2.90. The molecule has 1 aromatic heterocycles. The number of hydrogen-bond donors (Lipinski definition) is 1. The molecule has 74 valence electrons. The second-order valence-corrected chi connectivity index (χ2v) is 3.69. The topological polar surface area (TPSA) is 47.9 Å². The molecule has 0 unspecified atom stereocenters. The third-order valence-corrected chi connectivity index (χ3v) is 2.47. The maximum Gasteiger partial charge on any atom is 0.131 e. The van der Waals surface area contributed by atoms with E-state index in [1.807, 2.05) is 25.1 Å². The van der Waals surface area contributed by atoms with Crippen molar-refractivity contribution in [3.8, 4) is 0 Å². The van der Waals surface area contributed by atoms with Crippen molar-refractivity contribution in [1.29, 1.82) is 0 Å². The summed E-state index contributed by atoms with van der Waals surface area (Å²) in [4.78, 5) is 4.22. The number of fused-ring (bicyclic) bond motifs is 1. The smallest absolute Gasteiger partial charge is 0.131 e. The van der Waals surface area contributed by atoms with Crippen LogP contribution in [0.3, 0.4) is 0 Å². The molecule has 0 saturated carbocycles. The van der Waals surface area contributed by atoms with E-state index in [-0.39, 0.29) is 6.15 Å². The highest BCUT2D eigenvalue weighted by molar-refractivity contribution is 6.37. The molecule has 14 heavy (non-hydrogen) atoms. The van der Waals surface area contributed by atoms with Gasteiger partial charge >= 0.3 is 0 Å². The van der Waals surface area contributed by atoms with Gasteiger partial charge < -0.3 is 6.15 Å². The zero-order chi connectivity index (χ0) is 9.42. The van der Waals surface area contributed by atoms with Crippen LogP contribution in [0.25, 0.3) is 10.9 Å². The van der Waals surface area contributed by atoms with E-state index in [0.717, 1.165) is 16.5 Å². The number of aromatic nitrogens is 1. The van der Waals surface area contributed by atoms with E-state index < -0.39 is 0 Å². The van der Waals surface area contributed by atoms with Gasteiger partial charge in [-0.2, -0.15) is 0 Å². The summed E-state index contributed by atoms with van der Waals surface area (Å²) in [6, 6.07) is 7.54. The van der Waals surface area contributed by atoms with Crippen LogP contribution in [0.2, 0.25) is 10.2 Å². The summed E-state index contributed by atoms with van der Waals surface area (Å²) >= 11 is 11.8. The molecule has 2 aromatic rings. The van der Waals surface area contributed by atoms with Gasteiger partial charge in [0.25, 0.3) is 0 Å². The molecular formula is C10H10Cl2N2. The molecule has 0 spiro atoms. The summed E-state index contributed by atoms with van der Waals surface area (Å²) in [5.41, 5.74) is 1.96. The largest absolute Gasteiger partial charge is 0.344 e. The van der Waals surface area contributed by atoms with Crippen LogP contribution in [-0.2, 0) is 0 Å². The Morgan fingerprint density at radius 2 is 1.93 bits per heavy atom. The number of hydrogen-bond acceptors (Lipinski definition) is 2. The maximum absolute atomic E-state index is 6.01. The van der Waals surface area contributed by atoms with Crippen LogP contribution >= 0.6 is 23.2 Å². The molecule has 0 saturated heterocycles. The number of halogens is 2. The maximum atomic E-state index is 6.01. The van der Waals surface area contributed by atoms with Crippen LogP contribution in [-0.4, -0.2) is 4.98 Å². The minimum absolute atomic E-state index is 0. The molecule has 0 aliphatic heterocycles. The molecule has 1 aromatic carbocycles. The minimum Gasteiger partial charge on any atom is -0.344 e. The van der Waals surface area contributed by atoms with E-state index in [4.69, 9.17) is 23.2 Å². The number of aryl methyl sites for hydroxylation is 1. The van der Waals surface area contributed by atoms with Crippen molar-refractivity contribution >= 4 is 34.1 Å². The highest BCUT2D eigenvalue weighted by Crippen LogP contribution is 2.26. The zero-order valence-electron chi connectivity index (χ0n) is 7.72. The number of benzene rings is 1. The molecule has 0 aliphatic rings. The lowest BCUT2D eigenvalue weighted by atomic mass is 10.1. The number of rotatable bonds is 0. The summed E-state index contributed by atoms with van der Waals surface area (Å²) in [5, 5.41) is 2.04. The van der Waals surface area contributed by atoms with Gasteiger partial charge in [0.2, 0.25) is 0 Å². The Labute approximate surface area is 92.4 Å². The molecule has 4 heteroatoms. The highest BCUT2D eigenvalue weighted by atomic mass is 35.5. The molecule has 0 amide bonds. The average Bonchev–Trinajstić information content (AvgIpc) is 2.07. The first kappa shape index (κ1) is 11.2. The number of pyridine rings is 1. The standard InChI is InChI=1S/C10H7Cl2N.H3N/c1-6-3-2-4-7-8(11)5-9(12)13-10(6)7;/h2-5H,1H3;1H3. The average molecular weight is 229 g/mol. The third-order valence-electron chi connectivity index (χ3n) is 1.96.